The molecule has 0 aromatic heterocycles. The van der Waals surface area contributed by atoms with Crippen LogP contribution >= 0.6 is 11.8 Å². The second-order valence-corrected chi connectivity index (χ2v) is 7.32. The highest BCUT2D eigenvalue weighted by atomic mass is 32.2. The first-order chi connectivity index (χ1) is 14.1. The van der Waals surface area contributed by atoms with Gasteiger partial charge in [0.05, 0.1) is 12.0 Å². The molecule has 0 bridgehead atoms. The van der Waals surface area contributed by atoms with Crippen LogP contribution in [0, 0.1) is 12.3 Å². The van der Waals surface area contributed by atoms with Crippen LogP contribution in [0.4, 0.5) is 4.79 Å². The summed E-state index contributed by atoms with van der Waals surface area (Å²) in [6.07, 6.45) is 8.45. The molecule has 0 spiro atoms. The van der Waals surface area contributed by atoms with E-state index in [1.54, 1.807) is 24.3 Å². The summed E-state index contributed by atoms with van der Waals surface area (Å²) in [4.78, 5) is 26.7. The van der Waals surface area contributed by atoms with Gasteiger partial charge in [-0.2, -0.15) is 0 Å². The number of hydrogen-bond acceptors (Lipinski definition) is 5. The van der Waals surface area contributed by atoms with Gasteiger partial charge in [-0.1, -0.05) is 42.3 Å². The van der Waals surface area contributed by atoms with E-state index in [0.29, 0.717) is 22.9 Å². The van der Waals surface area contributed by atoms with E-state index in [4.69, 9.17) is 15.9 Å². The summed E-state index contributed by atoms with van der Waals surface area (Å²) in [6, 6.07) is 15.3. The maximum atomic E-state index is 12.7. The van der Waals surface area contributed by atoms with Gasteiger partial charge in [-0.15, -0.1) is 6.42 Å². The molecule has 1 aliphatic heterocycles. The number of thioether (sulfide) groups is 1. The number of amides is 2. The predicted molar refractivity (Wildman–Crippen MR) is 115 cm³/mol. The number of methoxy groups -OCH3 is 1. The van der Waals surface area contributed by atoms with Gasteiger partial charge in [0.25, 0.3) is 11.1 Å². The fourth-order valence-electron chi connectivity index (χ4n) is 2.94. The molecule has 0 radical (unpaired) electrons. The number of imide groups is 1. The molecule has 0 N–H and O–H groups in total. The number of ether oxygens (including phenoxy) is 2. The highest BCUT2D eigenvalue weighted by molar-refractivity contribution is 8.18. The summed E-state index contributed by atoms with van der Waals surface area (Å²) < 4.78 is 10.7. The molecule has 1 heterocycles. The Kier molecular flexibility index (Phi) is 6.99. The lowest BCUT2D eigenvalue weighted by Crippen LogP contribution is -2.29. The van der Waals surface area contributed by atoms with E-state index in [0.717, 1.165) is 30.2 Å². The summed E-state index contributed by atoms with van der Waals surface area (Å²) in [5.74, 6) is 3.17. The molecule has 29 heavy (non-hydrogen) atoms. The van der Waals surface area contributed by atoms with Crippen LogP contribution in [0.15, 0.2) is 53.4 Å². The topological polar surface area (TPSA) is 55.8 Å². The lowest BCUT2D eigenvalue weighted by molar-refractivity contribution is -0.122. The van der Waals surface area contributed by atoms with Gasteiger partial charge >= 0.3 is 0 Å². The van der Waals surface area contributed by atoms with E-state index >= 15 is 0 Å². The molecular weight excluding hydrogens is 386 g/mol. The molecule has 5 nitrogen and oxygen atoms in total. The fraction of sp³-hybridized carbons (Fsp3) is 0.217. The Hall–Kier alpha value is -3.17. The van der Waals surface area contributed by atoms with E-state index in [1.165, 1.54) is 17.6 Å². The molecule has 0 unspecified atom stereocenters. The Morgan fingerprint density at radius 3 is 2.66 bits per heavy atom. The van der Waals surface area contributed by atoms with Crippen molar-refractivity contribution >= 4 is 29.0 Å². The van der Waals surface area contributed by atoms with Crippen LogP contribution in [0.25, 0.3) is 6.08 Å². The zero-order valence-corrected chi connectivity index (χ0v) is 16.9. The third-order valence-electron chi connectivity index (χ3n) is 4.36. The molecule has 0 atom stereocenters. The maximum absolute atomic E-state index is 12.7. The second-order valence-electron chi connectivity index (χ2n) is 6.33. The molecule has 2 aromatic rings. The SMILES string of the molecule is C#CCOc1ccc(/C=C2/SC(=O)N(CCCc3ccccc3)C2=O)cc1OC. The van der Waals surface area contributed by atoms with Crippen LogP contribution in [0.1, 0.15) is 17.5 Å². The average Bonchev–Trinajstić information content (AvgIpc) is 3.00. The number of aryl methyl sites for hydroxylation is 1. The number of rotatable bonds is 8. The van der Waals surface area contributed by atoms with Gasteiger partial charge in [0, 0.05) is 6.54 Å². The van der Waals surface area contributed by atoms with Crippen molar-refractivity contribution in [1.29, 1.82) is 0 Å². The number of carbonyl (C=O) groups is 2. The zero-order valence-electron chi connectivity index (χ0n) is 16.1. The Morgan fingerprint density at radius 2 is 1.93 bits per heavy atom. The van der Waals surface area contributed by atoms with E-state index in [2.05, 4.69) is 5.92 Å². The molecule has 3 rings (SSSR count). The first kappa shape index (κ1) is 20.6. The molecule has 2 aromatic carbocycles. The zero-order chi connectivity index (χ0) is 20.6. The smallest absolute Gasteiger partial charge is 0.293 e. The number of nitrogens with zero attached hydrogens (tertiary/aromatic N) is 1. The summed E-state index contributed by atoms with van der Waals surface area (Å²) in [6.45, 7) is 0.538. The normalized spacial score (nSPS) is 14.9. The first-order valence-electron chi connectivity index (χ1n) is 9.16. The van der Waals surface area contributed by atoms with Gasteiger partial charge < -0.3 is 9.47 Å². The van der Waals surface area contributed by atoms with E-state index in [1.807, 2.05) is 30.3 Å². The summed E-state index contributed by atoms with van der Waals surface area (Å²) in [7, 11) is 1.53. The van der Waals surface area contributed by atoms with Crippen LogP contribution in [-0.4, -0.2) is 36.3 Å². The van der Waals surface area contributed by atoms with Gasteiger partial charge in [0.2, 0.25) is 0 Å². The van der Waals surface area contributed by atoms with Crippen molar-refractivity contribution < 1.29 is 19.1 Å². The van der Waals surface area contributed by atoms with Crippen molar-refractivity contribution in [1.82, 2.24) is 4.90 Å². The lowest BCUT2D eigenvalue weighted by atomic mass is 10.1. The standard InChI is InChI=1S/C23H21NO4S/c1-3-14-28-19-12-11-18(15-20(19)27-2)16-21-22(25)24(23(26)29-21)13-7-10-17-8-5-4-6-9-17/h1,4-6,8-9,11-12,15-16H,7,10,13-14H2,2H3/b21-16+. The minimum Gasteiger partial charge on any atom is -0.493 e. The van der Waals surface area contributed by atoms with Crippen LogP contribution in [-0.2, 0) is 11.2 Å². The molecule has 0 aliphatic carbocycles. The molecular formula is C23H21NO4S. The Morgan fingerprint density at radius 1 is 1.14 bits per heavy atom. The van der Waals surface area contributed by atoms with Gasteiger partial charge in [0.15, 0.2) is 11.5 Å². The number of hydrogen-bond donors (Lipinski definition) is 0. The van der Waals surface area contributed by atoms with Crippen molar-refractivity contribution in [3.05, 3.63) is 64.6 Å². The van der Waals surface area contributed by atoms with E-state index in [9.17, 15) is 9.59 Å². The third kappa shape index (κ3) is 5.21. The number of terminal acetylenes is 1. The van der Waals surface area contributed by atoms with Crippen LogP contribution in [0.3, 0.4) is 0 Å². The fourth-order valence-corrected chi connectivity index (χ4v) is 3.81. The maximum Gasteiger partial charge on any atom is 0.293 e. The molecule has 1 saturated heterocycles. The molecule has 1 aliphatic rings. The van der Waals surface area contributed by atoms with Crippen LogP contribution < -0.4 is 9.47 Å². The number of carbonyl (C=O) groups excluding carboxylic acids is 2. The minimum atomic E-state index is -0.264. The summed E-state index contributed by atoms with van der Waals surface area (Å²) >= 11 is 0.954. The summed E-state index contributed by atoms with van der Waals surface area (Å²) in [5.41, 5.74) is 1.93. The van der Waals surface area contributed by atoms with Crippen molar-refractivity contribution in [2.45, 2.75) is 12.8 Å². The van der Waals surface area contributed by atoms with E-state index in [-0.39, 0.29) is 17.8 Å². The van der Waals surface area contributed by atoms with Gasteiger partial charge in [0.1, 0.15) is 6.61 Å². The minimum absolute atomic E-state index is 0.136. The van der Waals surface area contributed by atoms with Crippen molar-refractivity contribution in [2.24, 2.45) is 0 Å². The molecule has 1 fully saturated rings. The van der Waals surface area contributed by atoms with Crippen molar-refractivity contribution in [3.63, 3.8) is 0 Å². The van der Waals surface area contributed by atoms with Crippen LogP contribution in [0.2, 0.25) is 0 Å². The lowest BCUT2D eigenvalue weighted by Gasteiger charge is -2.12. The molecule has 6 heteroatoms. The Labute approximate surface area is 174 Å². The Bertz CT molecular complexity index is 963. The average molecular weight is 407 g/mol. The number of benzene rings is 2. The highest BCUT2D eigenvalue weighted by Gasteiger charge is 2.34. The first-order valence-corrected chi connectivity index (χ1v) is 9.97. The highest BCUT2D eigenvalue weighted by Crippen LogP contribution is 2.34. The van der Waals surface area contributed by atoms with Gasteiger partial charge in [-0.25, -0.2) is 0 Å². The monoisotopic (exact) mass is 407 g/mol. The second kappa shape index (κ2) is 9.85. The third-order valence-corrected chi connectivity index (χ3v) is 5.27. The largest absolute Gasteiger partial charge is 0.493 e. The van der Waals surface area contributed by atoms with Crippen LogP contribution in [0.5, 0.6) is 11.5 Å². The Balaban J connectivity index is 1.66. The summed E-state index contributed by atoms with van der Waals surface area (Å²) in [5, 5.41) is -0.241. The quantitative estimate of drug-likeness (QED) is 0.480. The molecule has 2 amide bonds. The van der Waals surface area contributed by atoms with Crippen molar-refractivity contribution in [3.8, 4) is 23.8 Å². The van der Waals surface area contributed by atoms with Gasteiger partial charge in [-0.3, -0.25) is 14.5 Å². The molecule has 148 valence electrons. The van der Waals surface area contributed by atoms with Gasteiger partial charge in [-0.05, 0) is 53.9 Å². The van der Waals surface area contributed by atoms with Crippen molar-refractivity contribution in [2.75, 3.05) is 20.3 Å². The molecule has 0 saturated carbocycles. The van der Waals surface area contributed by atoms with E-state index < -0.39 is 0 Å². The predicted octanol–water partition coefficient (Wildman–Crippen LogP) is 4.38.